The van der Waals surface area contributed by atoms with Gasteiger partial charge in [-0.1, -0.05) is 18.2 Å². The van der Waals surface area contributed by atoms with Crippen LogP contribution >= 0.6 is 0 Å². The van der Waals surface area contributed by atoms with E-state index in [0.717, 1.165) is 11.3 Å². The molecular formula is C18H28N4O3. The summed E-state index contributed by atoms with van der Waals surface area (Å²) in [5, 5.41) is 8.61. The highest BCUT2D eigenvalue weighted by Gasteiger charge is 2.37. The number of nitrogens with zero attached hydrogens (tertiary/aromatic N) is 1. The van der Waals surface area contributed by atoms with E-state index in [1.807, 2.05) is 49.9 Å². The first-order valence-electron chi connectivity index (χ1n) is 8.64. The molecule has 0 saturated carbocycles. The van der Waals surface area contributed by atoms with Crippen molar-refractivity contribution in [2.75, 3.05) is 32.1 Å². The number of nitrogens with one attached hydrogen (secondary N) is 3. The van der Waals surface area contributed by atoms with E-state index in [4.69, 9.17) is 4.74 Å². The van der Waals surface area contributed by atoms with Crippen molar-refractivity contribution in [2.24, 2.45) is 0 Å². The zero-order chi connectivity index (χ0) is 18.4. The molecule has 0 aromatic heterocycles. The van der Waals surface area contributed by atoms with Crippen LogP contribution in [0.5, 0.6) is 0 Å². The van der Waals surface area contributed by atoms with E-state index >= 15 is 0 Å². The third-order valence-corrected chi connectivity index (χ3v) is 4.58. The van der Waals surface area contributed by atoms with Gasteiger partial charge in [-0.25, -0.2) is 4.79 Å². The molecule has 1 aliphatic heterocycles. The minimum absolute atomic E-state index is 0.0668. The summed E-state index contributed by atoms with van der Waals surface area (Å²) in [6.45, 7) is 7.42. The van der Waals surface area contributed by atoms with E-state index < -0.39 is 0 Å². The Kier molecular flexibility index (Phi) is 6.78. The van der Waals surface area contributed by atoms with E-state index in [1.165, 1.54) is 0 Å². The van der Waals surface area contributed by atoms with Crippen molar-refractivity contribution in [3.63, 3.8) is 0 Å². The van der Waals surface area contributed by atoms with Crippen molar-refractivity contribution in [2.45, 2.75) is 39.0 Å². The monoisotopic (exact) mass is 348 g/mol. The Morgan fingerprint density at radius 1 is 1.32 bits per heavy atom. The maximum Gasteiger partial charge on any atom is 0.315 e. The minimum atomic E-state index is -0.321. The number of anilines is 1. The molecule has 1 aliphatic rings. The molecule has 0 bridgehead atoms. The Morgan fingerprint density at radius 2 is 2.04 bits per heavy atom. The summed E-state index contributed by atoms with van der Waals surface area (Å²) in [7, 11) is 1.62. The molecule has 138 valence electrons. The molecule has 7 nitrogen and oxygen atoms in total. The number of hydrogen-bond donors (Lipinski definition) is 3. The zero-order valence-electron chi connectivity index (χ0n) is 15.3. The molecule has 1 heterocycles. The Balaban J connectivity index is 1.97. The highest BCUT2D eigenvalue weighted by Crippen LogP contribution is 2.19. The van der Waals surface area contributed by atoms with Crippen LogP contribution in [0, 0.1) is 6.92 Å². The van der Waals surface area contributed by atoms with Crippen LogP contribution in [-0.4, -0.2) is 61.8 Å². The lowest BCUT2D eigenvalue weighted by atomic mass is 10.2. The number of methoxy groups -OCH3 is 1. The smallest absolute Gasteiger partial charge is 0.315 e. The summed E-state index contributed by atoms with van der Waals surface area (Å²) in [6, 6.07) is 7.01. The van der Waals surface area contributed by atoms with Crippen molar-refractivity contribution in [1.82, 2.24) is 15.5 Å². The molecule has 3 atom stereocenters. The number of ether oxygens (including phenoxy) is 1. The fraction of sp³-hybridized carbons (Fsp3) is 0.556. The molecule has 7 heteroatoms. The van der Waals surface area contributed by atoms with Crippen LogP contribution in [0.1, 0.15) is 19.4 Å². The number of para-hydroxylation sites is 1. The van der Waals surface area contributed by atoms with Gasteiger partial charge in [0.1, 0.15) is 0 Å². The molecule has 1 fully saturated rings. The quantitative estimate of drug-likeness (QED) is 0.724. The normalized spacial score (nSPS) is 21.6. The summed E-state index contributed by atoms with van der Waals surface area (Å²) in [5.41, 5.74) is 1.84. The minimum Gasteiger partial charge on any atom is -0.378 e. The third-order valence-electron chi connectivity index (χ3n) is 4.58. The van der Waals surface area contributed by atoms with E-state index in [2.05, 4.69) is 16.0 Å². The second-order valence-electron chi connectivity index (χ2n) is 6.32. The van der Waals surface area contributed by atoms with Crippen molar-refractivity contribution in [3.8, 4) is 0 Å². The molecular weight excluding hydrogens is 320 g/mol. The lowest BCUT2D eigenvalue weighted by Crippen LogP contribution is -2.48. The number of urea groups is 1. The molecule has 0 aliphatic carbocycles. The molecule has 0 spiro atoms. The Labute approximate surface area is 149 Å². The molecule has 1 aromatic rings. The molecule has 3 amide bonds. The summed E-state index contributed by atoms with van der Waals surface area (Å²) in [4.78, 5) is 26.4. The van der Waals surface area contributed by atoms with Gasteiger partial charge in [0.05, 0.1) is 18.2 Å². The van der Waals surface area contributed by atoms with Crippen LogP contribution in [0.3, 0.4) is 0 Å². The second kappa shape index (κ2) is 8.82. The highest BCUT2D eigenvalue weighted by atomic mass is 16.5. The summed E-state index contributed by atoms with van der Waals surface area (Å²) in [6.07, 6.45) is -0.142. The zero-order valence-corrected chi connectivity index (χ0v) is 15.3. The number of rotatable bonds is 6. The topological polar surface area (TPSA) is 82.7 Å². The summed E-state index contributed by atoms with van der Waals surface area (Å²) < 4.78 is 5.48. The van der Waals surface area contributed by atoms with Gasteiger partial charge < -0.3 is 20.7 Å². The van der Waals surface area contributed by atoms with E-state index in [1.54, 1.807) is 7.11 Å². The highest BCUT2D eigenvalue weighted by molar-refractivity contribution is 5.95. The average molecular weight is 348 g/mol. The standard InChI is InChI=1S/C18H28N4O3/c1-5-19-18(24)21-15-10-22(11-16(15)25-4)13(3)17(23)20-14-9-7-6-8-12(14)2/h6-9,13,15-16H,5,10-11H2,1-4H3,(H,20,23)(H2,19,21,24)/t13-,15-,16-/m0/s1. The fourth-order valence-corrected chi connectivity index (χ4v) is 2.99. The van der Waals surface area contributed by atoms with Crippen molar-refractivity contribution in [1.29, 1.82) is 0 Å². The first-order chi connectivity index (χ1) is 12.0. The second-order valence-corrected chi connectivity index (χ2v) is 6.32. The SMILES string of the molecule is CCNC(=O)N[C@H]1CN([C@@H](C)C(=O)Nc2ccccc2C)C[C@@H]1OC. The summed E-state index contributed by atoms with van der Waals surface area (Å²) in [5.74, 6) is -0.0668. The van der Waals surface area contributed by atoms with Gasteiger partial charge in [0.25, 0.3) is 0 Å². The molecule has 2 rings (SSSR count). The van der Waals surface area contributed by atoms with Gasteiger partial charge in [-0.3, -0.25) is 9.69 Å². The number of carbonyl (C=O) groups excluding carboxylic acids is 2. The number of hydrogen-bond acceptors (Lipinski definition) is 4. The Morgan fingerprint density at radius 3 is 2.68 bits per heavy atom. The van der Waals surface area contributed by atoms with Crippen LogP contribution in [0.15, 0.2) is 24.3 Å². The molecule has 25 heavy (non-hydrogen) atoms. The van der Waals surface area contributed by atoms with E-state index in [-0.39, 0.29) is 30.1 Å². The van der Waals surface area contributed by atoms with Gasteiger partial charge in [0.15, 0.2) is 0 Å². The number of benzene rings is 1. The Hall–Kier alpha value is -2.12. The van der Waals surface area contributed by atoms with Gasteiger partial charge in [0.2, 0.25) is 5.91 Å². The van der Waals surface area contributed by atoms with Crippen molar-refractivity contribution >= 4 is 17.6 Å². The van der Waals surface area contributed by atoms with Crippen molar-refractivity contribution in [3.05, 3.63) is 29.8 Å². The number of aryl methyl sites for hydroxylation is 1. The van der Waals surface area contributed by atoms with E-state index in [0.29, 0.717) is 19.6 Å². The molecule has 1 saturated heterocycles. The first-order valence-corrected chi connectivity index (χ1v) is 8.64. The lowest BCUT2D eigenvalue weighted by Gasteiger charge is -2.23. The van der Waals surface area contributed by atoms with Gasteiger partial charge in [-0.2, -0.15) is 0 Å². The Bertz CT molecular complexity index is 608. The first kappa shape index (κ1) is 19.2. The predicted octanol–water partition coefficient (Wildman–Crippen LogP) is 1.34. The maximum absolute atomic E-state index is 12.6. The molecule has 3 N–H and O–H groups in total. The van der Waals surface area contributed by atoms with Gasteiger partial charge in [-0.05, 0) is 32.4 Å². The fourth-order valence-electron chi connectivity index (χ4n) is 2.99. The van der Waals surface area contributed by atoms with Gasteiger partial charge in [-0.15, -0.1) is 0 Å². The van der Waals surface area contributed by atoms with Crippen LogP contribution in [0.25, 0.3) is 0 Å². The lowest BCUT2D eigenvalue weighted by molar-refractivity contribution is -0.120. The van der Waals surface area contributed by atoms with Crippen LogP contribution < -0.4 is 16.0 Å². The number of carbonyl (C=O) groups is 2. The number of likely N-dealkylation sites (tertiary alicyclic amines) is 1. The largest absolute Gasteiger partial charge is 0.378 e. The maximum atomic E-state index is 12.6. The molecule has 1 aromatic carbocycles. The van der Waals surface area contributed by atoms with Crippen LogP contribution in [-0.2, 0) is 9.53 Å². The third kappa shape index (κ3) is 4.93. The van der Waals surface area contributed by atoms with Crippen LogP contribution in [0.4, 0.5) is 10.5 Å². The van der Waals surface area contributed by atoms with Crippen molar-refractivity contribution < 1.29 is 14.3 Å². The number of amides is 3. The van der Waals surface area contributed by atoms with E-state index in [9.17, 15) is 9.59 Å². The van der Waals surface area contributed by atoms with Gasteiger partial charge in [0, 0.05) is 32.4 Å². The van der Waals surface area contributed by atoms with Crippen LogP contribution in [0.2, 0.25) is 0 Å². The predicted molar refractivity (Wildman–Crippen MR) is 97.6 cm³/mol. The molecule has 0 radical (unpaired) electrons. The molecule has 0 unspecified atom stereocenters. The average Bonchev–Trinajstić information content (AvgIpc) is 2.99. The summed E-state index contributed by atoms with van der Waals surface area (Å²) >= 11 is 0. The van der Waals surface area contributed by atoms with Gasteiger partial charge >= 0.3 is 6.03 Å².